The maximum absolute atomic E-state index is 12.4. The van der Waals surface area contributed by atoms with E-state index in [-0.39, 0.29) is 5.83 Å². The van der Waals surface area contributed by atoms with Crippen molar-refractivity contribution in [3.63, 3.8) is 0 Å². The highest BCUT2D eigenvalue weighted by Crippen LogP contribution is 2.21. The average molecular weight is 157 g/mol. The van der Waals surface area contributed by atoms with Crippen molar-refractivity contribution in [3.8, 4) is 0 Å². The fourth-order valence-corrected chi connectivity index (χ4v) is 1.74. The standard InChI is InChI=1S/C9H16FN/c1-7-3-9(4-8(2)10)6-11-5-7/h7,9,11H,2-6H2,1H3. The van der Waals surface area contributed by atoms with Gasteiger partial charge in [0.1, 0.15) is 0 Å². The summed E-state index contributed by atoms with van der Waals surface area (Å²) in [5, 5.41) is 3.28. The van der Waals surface area contributed by atoms with Crippen molar-refractivity contribution in [1.29, 1.82) is 0 Å². The molecule has 11 heavy (non-hydrogen) atoms. The minimum absolute atomic E-state index is 0.175. The summed E-state index contributed by atoms with van der Waals surface area (Å²) in [4.78, 5) is 0. The molecule has 1 saturated heterocycles. The van der Waals surface area contributed by atoms with Gasteiger partial charge in [0.15, 0.2) is 0 Å². The fourth-order valence-electron chi connectivity index (χ4n) is 1.74. The fraction of sp³-hybridized carbons (Fsp3) is 0.778. The Bertz CT molecular complexity index is 144. The molecule has 1 rings (SSSR count). The van der Waals surface area contributed by atoms with Gasteiger partial charge in [0.2, 0.25) is 0 Å². The van der Waals surface area contributed by atoms with E-state index < -0.39 is 0 Å². The number of allylic oxidation sites excluding steroid dienone is 1. The van der Waals surface area contributed by atoms with E-state index in [2.05, 4.69) is 18.8 Å². The lowest BCUT2D eigenvalue weighted by atomic mass is 9.89. The molecule has 0 amide bonds. The smallest absolute Gasteiger partial charge is 0.0931 e. The molecule has 0 aromatic carbocycles. The Hall–Kier alpha value is -0.370. The second-order valence-electron chi connectivity index (χ2n) is 3.59. The Balaban J connectivity index is 2.28. The Morgan fingerprint density at radius 1 is 1.64 bits per heavy atom. The zero-order valence-electron chi connectivity index (χ0n) is 7.07. The molecule has 2 unspecified atom stereocenters. The van der Waals surface area contributed by atoms with Crippen LogP contribution in [0.1, 0.15) is 19.8 Å². The number of hydrogen-bond donors (Lipinski definition) is 1. The lowest BCUT2D eigenvalue weighted by molar-refractivity contribution is 0.290. The SMILES string of the molecule is C=C(F)CC1CNCC(C)C1. The molecule has 1 nitrogen and oxygen atoms in total. The molecular weight excluding hydrogens is 141 g/mol. The Labute approximate surface area is 67.7 Å². The third kappa shape index (κ3) is 3.02. The topological polar surface area (TPSA) is 12.0 Å². The first kappa shape index (κ1) is 8.72. The predicted octanol–water partition coefficient (Wildman–Crippen LogP) is 2.11. The maximum atomic E-state index is 12.4. The van der Waals surface area contributed by atoms with Crippen LogP contribution in [0.2, 0.25) is 0 Å². The number of nitrogens with one attached hydrogen (secondary N) is 1. The summed E-state index contributed by atoms with van der Waals surface area (Å²) in [6.07, 6.45) is 1.67. The number of halogens is 1. The van der Waals surface area contributed by atoms with Gasteiger partial charge < -0.3 is 5.32 Å². The van der Waals surface area contributed by atoms with Crippen LogP contribution in [0.4, 0.5) is 4.39 Å². The molecule has 0 radical (unpaired) electrons. The normalized spacial score (nSPS) is 31.8. The van der Waals surface area contributed by atoms with Crippen LogP contribution >= 0.6 is 0 Å². The monoisotopic (exact) mass is 157 g/mol. The van der Waals surface area contributed by atoms with Gasteiger partial charge in [0, 0.05) is 6.42 Å². The highest BCUT2D eigenvalue weighted by Gasteiger charge is 2.18. The molecule has 1 heterocycles. The molecule has 1 aliphatic heterocycles. The summed E-state index contributed by atoms with van der Waals surface area (Å²) >= 11 is 0. The van der Waals surface area contributed by atoms with E-state index in [1.807, 2.05) is 0 Å². The van der Waals surface area contributed by atoms with Gasteiger partial charge in [0.25, 0.3) is 0 Å². The van der Waals surface area contributed by atoms with E-state index >= 15 is 0 Å². The van der Waals surface area contributed by atoms with Crippen LogP contribution < -0.4 is 5.32 Å². The highest BCUT2D eigenvalue weighted by atomic mass is 19.1. The first-order valence-electron chi connectivity index (χ1n) is 4.22. The van der Waals surface area contributed by atoms with Crippen molar-refractivity contribution in [3.05, 3.63) is 12.4 Å². The average Bonchev–Trinajstić information content (AvgIpc) is 1.85. The van der Waals surface area contributed by atoms with Crippen molar-refractivity contribution in [2.45, 2.75) is 19.8 Å². The molecular formula is C9H16FN. The van der Waals surface area contributed by atoms with Gasteiger partial charge in [-0.15, -0.1) is 0 Å². The third-order valence-corrected chi connectivity index (χ3v) is 2.17. The summed E-state index contributed by atoms with van der Waals surface area (Å²) in [7, 11) is 0. The minimum atomic E-state index is -0.175. The van der Waals surface area contributed by atoms with E-state index in [0.717, 1.165) is 19.5 Å². The first-order valence-corrected chi connectivity index (χ1v) is 4.22. The molecule has 0 bridgehead atoms. The van der Waals surface area contributed by atoms with Crippen molar-refractivity contribution in [2.75, 3.05) is 13.1 Å². The molecule has 64 valence electrons. The number of rotatable bonds is 2. The van der Waals surface area contributed by atoms with Crippen LogP contribution in [0, 0.1) is 11.8 Å². The van der Waals surface area contributed by atoms with Crippen LogP contribution in [0.15, 0.2) is 12.4 Å². The van der Waals surface area contributed by atoms with E-state index in [1.54, 1.807) is 0 Å². The second kappa shape index (κ2) is 3.86. The Morgan fingerprint density at radius 3 is 2.91 bits per heavy atom. The van der Waals surface area contributed by atoms with Gasteiger partial charge in [-0.05, 0) is 31.3 Å². The van der Waals surface area contributed by atoms with E-state index in [0.29, 0.717) is 18.3 Å². The summed E-state index contributed by atoms with van der Waals surface area (Å²) in [6.45, 7) is 7.50. The van der Waals surface area contributed by atoms with Gasteiger partial charge in [-0.25, -0.2) is 4.39 Å². The Kier molecular flexibility index (Phi) is 3.06. The number of hydrogen-bond acceptors (Lipinski definition) is 1. The minimum Gasteiger partial charge on any atom is -0.316 e. The molecule has 1 aliphatic rings. The molecule has 0 aliphatic carbocycles. The van der Waals surface area contributed by atoms with Gasteiger partial charge in [-0.1, -0.05) is 13.5 Å². The zero-order chi connectivity index (χ0) is 8.27. The Morgan fingerprint density at radius 2 is 2.36 bits per heavy atom. The maximum Gasteiger partial charge on any atom is 0.0931 e. The van der Waals surface area contributed by atoms with Crippen LogP contribution in [-0.2, 0) is 0 Å². The number of piperidine rings is 1. The molecule has 0 spiro atoms. The lowest BCUT2D eigenvalue weighted by Crippen LogP contribution is -2.34. The summed E-state index contributed by atoms with van der Waals surface area (Å²) in [6, 6.07) is 0. The first-order chi connectivity index (χ1) is 5.18. The van der Waals surface area contributed by atoms with Crippen LogP contribution in [0.5, 0.6) is 0 Å². The molecule has 1 fully saturated rings. The second-order valence-corrected chi connectivity index (χ2v) is 3.59. The van der Waals surface area contributed by atoms with Crippen molar-refractivity contribution in [2.24, 2.45) is 11.8 Å². The van der Waals surface area contributed by atoms with Crippen LogP contribution in [0.3, 0.4) is 0 Å². The zero-order valence-corrected chi connectivity index (χ0v) is 7.07. The van der Waals surface area contributed by atoms with Crippen molar-refractivity contribution in [1.82, 2.24) is 5.32 Å². The third-order valence-electron chi connectivity index (χ3n) is 2.17. The van der Waals surface area contributed by atoms with Gasteiger partial charge in [-0.2, -0.15) is 0 Å². The predicted molar refractivity (Wildman–Crippen MR) is 45.0 cm³/mol. The quantitative estimate of drug-likeness (QED) is 0.647. The van der Waals surface area contributed by atoms with Crippen molar-refractivity contribution >= 4 is 0 Å². The highest BCUT2D eigenvalue weighted by molar-refractivity contribution is 4.86. The summed E-state index contributed by atoms with van der Waals surface area (Å²) in [5.74, 6) is 0.982. The summed E-state index contributed by atoms with van der Waals surface area (Å²) in [5.41, 5.74) is 0. The van der Waals surface area contributed by atoms with E-state index in [1.165, 1.54) is 0 Å². The van der Waals surface area contributed by atoms with E-state index in [4.69, 9.17) is 0 Å². The largest absolute Gasteiger partial charge is 0.316 e. The molecule has 0 aromatic heterocycles. The molecule has 0 aromatic rings. The molecule has 0 saturated carbocycles. The van der Waals surface area contributed by atoms with Gasteiger partial charge >= 0.3 is 0 Å². The molecule has 2 heteroatoms. The van der Waals surface area contributed by atoms with Crippen LogP contribution in [0.25, 0.3) is 0 Å². The van der Waals surface area contributed by atoms with Gasteiger partial charge in [0.05, 0.1) is 5.83 Å². The summed E-state index contributed by atoms with van der Waals surface area (Å²) < 4.78 is 12.4. The molecule has 1 N–H and O–H groups in total. The lowest BCUT2D eigenvalue weighted by Gasteiger charge is -2.26. The van der Waals surface area contributed by atoms with Crippen LogP contribution in [-0.4, -0.2) is 13.1 Å². The van der Waals surface area contributed by atoms with Crippen molar-refractivity contribution < 1.29 is 4.39 Å². The van der Waals surface area contributed by atoms with E-state index in [9.17, 15) is 4.39 Å². The molecule has 2 atom stereocenters. The van der Waals surface area contributed by atoms with Gasteiger partial charge in [-0.3, -0.25) is 0 Å².